The number of piperazine rings is 1. The van der Waals surface area contributed by atoms with Crippen LogP contribution in [0.15, 0.2) is 18.2 Å². The number of nitrogens with one attached hydrogen (secondary N) is 1. The van der Waals surface area contributed by atoms with E-state index < -0.39 is 0 Å². The summed E-state index contributed by atoms with van der Waals surface area (Å²) >= 11 is 0. The van der Waals surface area contributed by atoms with Crippen LogP contribution in [0.1, 0.15) is 20.8 Å². The molecule has 1 aromatic rings. The van der Waals surface area contributed by atoms with Crippen molar-refractivity contribution in [3.8, 4) is 5.75 Å². The summed E-state index contributed by atoms with van der Waals surface area (Å²) in [5.74, 6) is 1.59. The van der Waals surface area contributed by atoms with Crippen LogP contribution in [-0.2, 0) is 0 Å². The van der Waals surface area contributed by atoms with Gasteiger partial charge in [0.2, 0.25) is 0 Å². The summed E-state index contributed by atoms with van der Waals surface area (Å²) < 4.78 is 6.27. The van der Waals surface area contributed by atoms with Crippen LogP contribution in [0.25, 0.3) is 0 Å². The number of hydrogen-bond acceptors (Lipinski definition) is 4. The molecule has 1 fully saturated rings. The number of ether oxygens (including phenoxy) is 1. The zero-order chi connectivity index (χ0) is 14.8. The summed E-state index contributed by atoms with van der Waals surface area (Å²) in [5, 5.41) is 3.43. The third-order valence-corrected chi connectivity index (χ3v) is 4.56. The van der Waals surface area contributed by atoms with E-state index in [9.17, 15) is 0 Å². The van der Waals surface area contributed by atoms with Crippen molar-refractivity contribution >= 4 is 11.4 Å². The lowest BCUT2D eigenvalue weighted by molar-refractivity contribution is 0.146. The Morgan fingerprint density at radius 3 is 2.71 bits per heavy atom. The van der Waals surface area contributed by atoms with Gasteiger partial charge in [-0.3, -0.25) is 0 Å². The number of fused-ring (bicyclic) bond motifs is 1. The molecule has 2 heterocycles. The van der Waals surface area contributed by atoms with Crippen LogP contribution in [0.3, 0.4) is 0 Å². The Morgan fingerprint density at radius 1 is 1.29 bits per heavy atom. The van der Waals surface area contributed by atoms with Crippen LogP contribution >= 0.6 is 0 Å². The lowest BCUT2D eigenvalue weighted by Gasteiger charge is -2.41. The van der Waals surface area contributed by atoms with E-state index in [1.807, 2.05) is 0 Å². The fourth-order valence-corrected chi connectivity index (χ4v) is 3.23. The summed E-state index contributed by atoms with van der Waals surface area (Å²) in [6, 6.07) is 6.50. The van der Waals surface area contributed by atoms with Crippen molar-refractivity contribution in [3.05, 3.63) is 18.2 Å². The van der Waals surface area contributed by atoms with Crippen molar-refractivity contribution in [1.29, 1.82) is 0 Å². The standard InChI is InChI=1S/C17H27N3O/c1-4-19-12-16(13(2)3)21-15-7-5-6-14(17(15)19)20-10-8-18-9-11-20/h5-7,13,16,18H,4,8-12H2,1-3H3. The second-order valence-corrected chi connectivity index (χ2v) is 6.30. The molecule has 2 aliphatic heterocycles. The number of nitrogens with zero attached hydrogens (tertiary/aromatic N) is 2. The lowest BCUT2D eigenvalue weighted by Crippen LogP contribution is -2.46. The molecule has 4 heteroatoms. The smallest absolute Gasteiger partial charge is 0.145 e. The van der Waals surface area contributed by atoms with E-state index in [1.54, 1.807) is 0 Å². The van der Waals surface area contributed by atoms with Crippen molar-refractivity contribution in [3.63, 3.8) is 0 Å². The molecule has 0 aromatic heterocycles. The van der Waals surface area contributed by atoms with Crippen molar-refractivity contribution < 1.29 is 4.74 Å². The molecule has 1 atom stereocenters. The highest BCUT2D eigenvalue weighted by Gasteiger charge is 2.30. The van der Waals surface area contributed by atoms with Gasteiger partial charge in [0, 0.05) is 32.7 Å². The summed E-state index contributed by atoms with van der Waals surface area (Å²) in [4.78, 5) is 4.97. The van der Waals surface area contributed by atoms with Gasteiger partial charge in [-0.15, -0.1) is 0 Å². The largest absolute Gasteiger partial charge is 0.486 e. The van der Waals surface area contributed by atoms with Crippen LogP contribution in [0.2, 0.25) is 0 Å². The first-order valence-electron chi connectivity index (χ1n) is 8.21. The Labute approximate surface area is 128 Å². The van der Waals surface area contributed by atoms with Crippen LogP contribution in [0.4, 0.5) is 11.4 Å². The summed E-state index contributed by atoms with van der Waals surface area (Å²) in [6.45, 7) is 13.0. The SMILES string of the molecule is CCN1CC(C(C)C)Oc2cccc(N3CCNCC3)c21. The van der Waals surface area contributed by atoms with Gasteiger partial charge in [0.1, 0.15) is 17.5 Å². The molecular weight excluding hydrogens is 262 g/mol. The maximum absolute atomic E-state index is 6.27. The molecular formula is C17H27N3O. The minimum atomic E-state index is 0.288. The molecule has 2 aliphatic rings. The van der Waals surface area contributed by atoms with Crippen molar-refractivity contribution in [1.82, 2.24) is 5.32 Å². The molecule has 0 bridgehead atoms. The Bertz CT molecular complexity index is 483. The average molecular weight is 289 g/mol. The van der Waals surface area contributed by atoms with Crippen molar-refractivity contribution in [2.24, 2.45) is 5.92 Å². The zero-order valence-electron chi connectivity index (χ0n) is 13.4. The molecule has 1 aromatic carbocycles. The first-order chi connectivity index (χ1) is 10.2. The Morgan fingerprint density at radius 2 is 2.05 bits per heavy atom. The zero-order valence-corrected chi connectivity index (χ0v) is 13.4. The van der Waals surface area contributed by atoms with Gasteiger partial charge in [0.05, 0.1) is 12.2 Å². The number of likely N-dealkylation sites (N-methyl/N-ethyl adjacent to an activating group) is 1. The van der Waals surface area contributed by atoms with Gasteiger partial charge < -0.3 is 19.9 Å². The van der Waals surface area contributed by atoms with Gasteiger partial charge in [-0.05, 0) is 25.0 Å². The Hall–Kier alpha value is -1.42. The van der Waals surface area contributed by atoms with Crippen LogP contribution in [0.5, 0.6) is 5.75 Å². The summed E-state index contributed by atoms with van der Waals surface area (Å²) in [7, 11) is 0. The molecule has 0 aliphatic carbocycles. The predicted octanol–water partition coefficient (Wildman–Crippen LogP) is 2.34. The molecule has 21 heavy (non-hydrogen) atoms. The molecule has 0 amide bonds. The normalized spacial score (nSPS) is 22.2. The molecule has 3 rings (SSSR count). The fourth-order valence-electron chi connectivity index (χ4n) is 3.23. The number of benzene rings is 1. The van der Waals surface area contributed by atoms with Gasteiger partial charge in [0.25, 0.3) is 0 Å². The third kappa shape index (κ3) is 2.82. The third-order valence-electron chi connectivity index (χ3n) is 4.56. The maximum atomic E-state index is 6.27. The van der Waals surface area contributed by atoms with Gasteiger partial charge in [-0.25, -0.2) is 0 Å². The van der Waals surface area contributed by atoms with Crippen LogP contribution < -0.4 is 19.9 Å². The van der Waals surface area contributed by atoms with E-state index in [2.05, 4.69) is 54.1 Å². The van der Waals surface area contributed by atoms with E-state index in [0.717, 1.165) is 45.0 Å². The molecule has 0 radical (unpaired) electrons. The van der Waals surface area contributed by atoms with Gasteiger partial charge in [-0.2, -0.15) is 0 Å². The van der Waals surface area contributed by atoms with Crippen LogP contribution in [0, 0.1) is 5.92 Å². The first kappa shape index (κ1) is 14.5. The molecule has 1 saturated heterocycles. The van der Waals surface area contributed by atoms with Gasteiger partial charge in [0.15, 0.2) is 0 Å². The van der Waals surface area contributed by atoms with E-state index in [-0.39, 0.29) is 6.10 Å². The van der Waals surface area contributed by atoms with E-state index in [4.69, 9.17) is 4.74 Å². The maximum Gasteiger partial charge on any atom is 0.145 e. The van der Waals surface area contributed by atoms with E-state index >= 15 is 0 Å². The monoisotopic (exact) mass is 289 g/mol. The van der Waals surface area contributed by atoms with E-state index in [0.29, 0.717) is 5.92 Å². The molecule has 0 spiro atoms. The van der Waals surface area contributed by atoms with Crippen LogP contribution in [-0.4, -0.2) is 45.4 Å². The van der Waals surface area contributed by atoms with Gasteiger partial charge in [-0.1, -0.05) is 19.9 Å². The Balaban J connectivity index is 1.96. The topological polar surface area (TPSA) is 27.7 Å². The number of para-hydroxylation sites is 1. The highest BCUT2D eigenvalue weighted by Crippen LogP contribution is 2.42. The number of rotatable bonds is 3. The number of anilines is 2. The highest BCUT2D eigenvalue weighted by molar-refractivity contribution is 5.78. The summed E-state index contributed by atoms with van der Waals surface area (Å²) in [6.07, 6.45) is 0.288. The van der Waals surface area contributed by atoms with E-state index in [1.165, 1.54) is 11.4 Å². The van der Waals surface area contributed by atoms with Crippen molar-refractivity contribution in [2.45, 2.75) is 26.9 Å². The molecule has 1 N–H and O–H groups in total. The second-order valence-electron chi connectivity index (χ2n) is 6.30. The molecule has 0 saturated carbocycles. The van der Waals surface area contributed by atoms with Gasteiger partial charge >= 0.3 is 0 Å². The Kier molecular flexibility index (Phi) is 4.24. The minimum Gasteiger partial charge on any atom is -0.486 e. The average Bonchev–Trinajstić information content (AvgIpc) is 2.53. The number of hydrogen-bond donors (Lipinski definition) is 1. The first-order valence-corrected chi connectivity index (χ1v) is 8.21. The highest BCUT2D eigenvalue weighted by atomic mass is 16.5. The fraction of sp³-hybridized carbons (Fsp3) is 0.647. The predicted molar refractivity (Wildman–Crippen MR) is 88.7 cm³/mol. The quantitative estimate of drug-likeness (QED) is 0.924. The molecule has 116 valence electrons. The lowest BCUT2D eigenvalue weighted by atomic mass is 10.0. The molecule has 4 nitrogen and oxygen atoms in total. The molecule has 1 unspecified atom stereocenters. The second kappa shape index (κ2) is 6.14. The van der Waals surface area contributed by atoms with Crippen molar-refractivity contribution in [2.75, 3.05) is 49.1 Å². The minimum absolute atomic E-state index is 0.288. The summed E-state index contributed by atoms with van der Waals surface area (Å²) in [5.41, 5.74) is 2.62.